The van der Waals surface area contributed by atoms with E-state index in [0.29, 0.717) is 19.8 Å². The Morgan fingerprint density at radius 1 is 0.552 bits per heavy atom. The number of hydrogen-bond acceptors (Lipinski definition) is 3. The van der Waals surface area contributed by atoms with Crippen molar-refractivity contribution in [1.29, 1.82) is 0 Å². The molecule has 0 aromatic carbocycles. The van der Waals surface area contributed by atoms with Gasteiger partial charge in [0, 0.05) is 0 Å². The standard InChI is InChI=1S/C26H52O3/c1-7-13-15-16-17-18-21-25(19-9-3,20-14-8-2)26(27-22-10-4,28-23-11-5)29-24-12-6/h14,20H,7-13,15-19,21-24H2,1-6H3. The summed E-state index contributed by atoms with van der Waals surface area (Å²) in [6.07, 6.45) is 19.5. The first kappa shape index (κ1) is 28.6. The molecule has 0 heterocycles. The van der Waals surface area contributed by atoms with Crippen LogP contribution in [0.25, 0.3) is 0 Å². The van der Waals surface area contributed by atoms with Crippen molar-refractivity contribution < 1.29 is 14.2 Å². The molecule has 0 saturated heterocycles. The minimum atomic E-state index is -0.972. The van der Waals surface area contributed by atoms with Gasteiger partial charge in [0.15, 0.2) is 0 Å². The van der Waals surface area contributed by atoms with Crippen LogP contribution in [0, 0.1) is 5.41 Å². The van der Waals surface area contributed by atoms with Crippen molar-refractivity contribution in [2.75, 3.05) is 19.8 Å². The van der Waals surface area contributed by atoms with E-state index in [4.69, 9.17) is 14.2 Å². The van der Waals surface area contributed by atoms with Gasteiger partial charge in [0.2, 0.25) is 0 Å². The zero-order chi connectivity index (χ0) is 21.8. The topological polar surface area (TPSA) is 27.7 Å². The van der Waals surface area contributed by atoms with Crippen molar-refractivity contribution in [3.05, 3.63) is 12.2 Å². The Morgan fingerprint density at radius 2 is 1.07 bits per heavy atom. The number of ether oxygens (including phenoxy) is 3. The largest absolute Gasteiger partial charge is 0.327 e. The van der Waals surface area contributed by atoms with Gasteiger partial charge in [-0.2, -0.15) is 0 Å². The van der Waals surface area contributed by atoms with Gasteiger partial charge in [-0.15, -0.1) is 0 Å². The van der Waals surface area contributed by atoms with E-state index in [-0.39, 0.29) is 5.41 Å². The van der Waals surface area contributed by atoms with E-state index in [1.165, 1.54) is 38.5 Å². The van der Waals surface area contributed by atoms with Crippen LogP contribution in [-0.4, -0.2) is 25.8 Å². The fourth-order valence-electron chi connectivity index (χ4n) is 3.98. The van der Waals surface area contributed by atoms with Crippen LogP contribution in [0.1, 0.15) is 125 Å². The van der Waals surface area contributed by atoms with Gasteiger partial charge >= 0.3 is 0 Å². The van der Waals surface area contributed by atoms with Crippen molar-refractivity contribution in [3.63, 3.8) is 0 Å². The SMILES string of the molecule is CCC=CC(CCC)(CCCCCCCC)C(OCCC)(OCCC)OCCC. The van der Waals surface area contributed by atoms with E-state index >= 15 is 0 Å². The Bertz CT molecular complexity index is 358. The van der Waals surface area contributed by atoms with Gasteiger partial charge in [0.25, 0.3) is 5.97 Å². The van der Waals surface area contributed by atoms with E-state index in [9.17, 15) is 0 Å². The molecule has 0 radical (unpaired) electrons. The summed E-state index contributed by atoms with van der Waals surface area (Å²) in [5, 5.41) is 0. The first-order valence-electron chi connectivity index (χ1n) is 12.7. The summed E-state index contributed by atoms with van der Waals surface area (Å²) in [6, 6.07) is 0. The van der Waals surface area contributed by atoms with Gasteiger partial charge in [-0.05, 0) is 38.5 Å². The second-order valence-corrected chi connectivity index (χ2v) is 8.34. The Hall–Kier alpha value is -0.380. The third-order valence-corrected chi connectivity index (χ3v) is 5.44. The van der Waals surface area contributed by atoms with Gasteiger partial charge in [0.05, 0.1) is 25.2 Å². The zero-order valence-electron chi connectivity index (χ0n) is 20.7. The minimum absolute atomic E-state index is 0.234. The van der Waals surface area contributed by atoms with Crippen LogP contribution in [0.5, 0.6) is 0 Å². The number of unbranched alkanes of at least 4 members (excludes halogenated alkanes) is 5. The Morgan fingerprint density at radius 3 is 1.52 bits per heavy atom. The molecule has 29 heavy (non-hydrogen) atoms. The molecule has 0 aliphatic rings. The maximum absolute atomic E-state index is 6.50. The van der Waals surface area contributed by atoms with Gasteiger partial charge in [-0.25, -0.2) is 0 Å². The second-order valence-electron chi connectivity index (χ2n) is 8.34. The lowest BCUT2D eigenvalue weighted by molar-refractivity contribution is -0.424. The number of rotatable bonds is 21. The molecule has 0 aromatic rings. The summed E-state index contributed by atoms with van der Waals surface area (Å²) in [6.45, 7) is 15.2. The van der Waals surface area contributed by atoms with Crippen molar-refractivity contribution in [2.24, 2.45) is 5.41 Å². The van der Waals surface area contributed by atoms with E-state index in [1.54, 1.807) is 0 Å². The lowest BCUT2D eigenvalue weighted by Crippen LogP contribution is -2.54. The summed E-state index contributed by atoms with van der Waals surface area (Å²) in [5.74, 6) is -0.972. The van der Waals surface area contributed by atoms with E-state index in [0.717, 1.165) is 44.9 Å². The summed E-state index contributed by atoms with van der Waals surface area (Å²) >= 11 is 0. The maximum Gasteiger partial charge on any atom is 0.292 e. The van der Waals surface area contributed by atoms with Gasteiger partial charge < -0.3 is 14.2 Å². The predicted molar refractivity (Wildman–Crippen MR) is 126 cm³/mol. The molecule has 0 bridgehead atoms. The fourth-order valence-corrected chi connectivity index (χ4v) is 3.98. The van der Waals surface area contributed by atoms with Crippen LogP contribution in [0.2, 0.25) is 0 Å². The normalized spacial score (nSPS) is 14.6. The van der Waals surface area contributed by atoms with Crippen LogP contribution in [-0.2, 0) is 14.2 Å². The third kappa shape index (κ3) is 10.5. The highest BCUT2D eigenvalue weighted by Crippen LogP contribution is 2.47. The molecule has 1 unspecified atom stereocenters. The first-order valence-corrected chi connectivity index (χ1v) is 12.7. The molecule has 0 rings (SSSR count). The summed E-state index contributed by atoms with van der Waals surface area (Å²) in [5.41, 5.74) is -0.234. The highest BCUT2D eigenvalue weighted by atomic mass is 16.9. The van der Waals surface area contributed by atoms with Gasteiger partial charge in [-0.3, -0.25) is 0 Å². The minimum Gasteiger partial charge on any atom is -0.327 e. The van der Waals surface area contributed by atoms with Crippen LogP contribution in [0.3, 0.4) is 0 Å². The lowest BCUT2D eigenvalue weighted by Gasteiger charge is -2.48. The molecule has 3 nitrogen and oxygen atoms in total. The van der Waals surface area contributed by atoms with Crippen molar-refractivity contribution >= 4 is 0 Å². The highest BCUT2D eigenvalue weighted by molar-refractivity contribution is 5.05. The number of allylic oxidation sites excluding steroid dienone is 1. The molecule has 0 fully saturated rings. The molecular weight excluding hydrogens is 360 g/mol. The molecule has 0 amide bonds. The van der Waals surface area contributed by atoms with Gasteiger partial charge in [-0.1, -0.05) is 98.6 Å². The van der Waals surface area contributed by atoms with Crippen LogP contribution >= 0.6 is 0 Å². The lowest BCUT2D eigenvalue weighted by atomic mass is 9.75. The predicted octanol–water partition coefficient (Wildman–Crippen LogP) is 8.42. The van der Waals surface area contributed by atoms with Crippen LogP contribution in [0.15, 0.2) is 12.2 Å². The van der Waals surface area contributed by atoms with Crippen molar-refractivity contribution in [2.45, 2.75) is 131 Å². The smallest absolute Gasteiger partial charge is 0.292 e. The zero-order valence-corrected chi connectivity index (χ0v) is 20.7. The third-order valence-electron chi connectivity index (χ3n) is 5.44. The average molecular weight is 413 g/mol. The second kappa shape index (κ2) is 18.4. The monoisotopic (exact) mass is 412 g/mol. The quantitative estimate of drug-likeness (QED) is 0.107. The molecule has 174 valence electrons. The van der Waals surface area contributed by atoms with Crippen molar-refractivity contribution in [1.82, 2.24) is 0 Å². The van der Waals surface area contributed by atoms with E-state index < -0.39 is 5.97 Å². The highest BCUT2D eigenvalue weighted by Gasteiger charge is 2.52. The number of hydrogen-bond donors (Lipinski definition) is 0. The molecule has 0 aliphatic heterocycles. The summed E-state index contributed by atoms with van der Waals surface area (Å²) < 4.78 is 19.5. The van der Waals surface area contributed by atoms with Gasteiger partial charge in [0.1, 0.15) is 0 Å². The summed E-state index contributed by atoms with van der Waals surface area (Å²) in [7, 11) is 0. The molecule has 0 N–H and O–H groups in total. The van der Waals surface area contributed by atoms with E-state index in [2.05, 4.69) is 53.7 Å². The molecule has 1 atom stereocenters. The van der Waals surface area contributed by atoms with E-state index in [1.807, 2.05) is 0 Å². The average Bonchev–Trinajstić information content (AvgIpc) is 2.74. The molecule has 0 aliphatic carbocycles. The maximum atomic E-state index is 6.50. The molecule has 0 spiro atoms. The molecule has 0 aromatic heterocycles. The van der Waals surface area contributed by atoms with Crippen LogP contribution < -0.4 is 0 Å². The molecular formula is C26H52O3. The molecule has 0 saturated carbocycles. The van der Waals surface area contributed by atoms with Crippen molar-refractivity contribution in [3.8, 4) is 0 Å². The summed E-state index contributed by atoms with van der Waals surface area (Å²) in [4.78, 5) is 0. The Kier molecular flexibility index (Phi) is 18.2. The first-order chi connectivity index (χ1) is 14.1. The fraction of sp³-hybridized carbons (Fsp3) is 0.923. The Balaban J connectivity index is 5.80. The van der Waals surface area contributed by atoms with Crippen LogP contribution in [0.4, 0.5) is 0 Å². The Labute approximate surface area is 183 Å². The molecule has 3 heteroatoms.